The number of aromatic nitrogens is 2. The minimum Gasteiger partial charge on any atom is -0.387 e. The summed E-state index contributed by atoms with van der Waals surface area (Å²) < 4.78 is 40.6. The van der Waals surface area contributed by atoms with Crippen molar-refractivity contribution in [2.45, 2.75) is 31.7 Å². The lowest BCUT2D eigenvalue weighted by Gasteiger charge is -2.11. The Morgan fingerprint density at radius 1 is 0.925 bits per heavy atom. The lowest BCUT2D eigenvalue weighted by atomic mass is 10.1. The van der Waals surface area contributed by atoms with Crippen LogP contribution in [0.3, 0.4) is 0 Å². The molecule has 40 heavy (non-hydrogen) atoms. The quantitative estimate of drug-likeness (QED) is 0.191. The molecule has 11 heteroatoms. The van der Waals surface area contributed by atoms with Gasteiger partial charge in [-0.25, -0.2) is 4.98 Å². The zero-order valence-corrected chi connectivity index (χ0v) is 23.1. The maximum Gasteiger partial charge on any atom is 0.416 e. The first-order chi connectivity index (χ1) is 18.3. The highest BCUT2D eigenvalue weighted by atomic mass is 35.5. The summed E-state index contributed by atoms with van der Waals surface area (Å²) in [5.41, 5.74) is 2.18. The van der Waals surface area contributed by atoms with E-state index in [0.717, 1.165) is 23.4 Å². The Bertz CT molecular complexity index is 1320. The molecule has 0 saturated heterocycles. The van der Waals surface area contributed by atoms with Gasteiger partial charge in [-0.05, 0) is 35.4 Å². The highest BCUT2D eigenvalue weighted by molar-refractivity contribution is 5.91. The normalized spacial score (nSPS) is 11.7. The first-order valence-corrected chi connectivity index (χ1v) is 12.3. The van der Waals surface area contributed by atoms with Gasteiger partial charge in [0.2, 0.25) is 5.91 Å². The number of aliphatic hydroxyl groups is 1. The first-order valence-electron chi connectivity index (χ1n) is 12.3. The Morgan fingerprint density at radius 2 is 1.55 bits per heavy atom. The predicted molar refractivity (Wildman–Crippen MR) is 154 cm³/mol. The van der Waals surface area contributed by atoms with Crippen molar-refractivity contribution in [2.75, 3.05) is 18.4 Å². The molecule has 3 aromatic carbocycles. The smallest absolute Gasteiger partial charge is 0.387 e. The van der Waals surface area contributed by atoms with Crippen LogP contribution in [0.4, 0.5) is 18.9 Å². The molecule has 214 valence electrons. The van der Waals surface area contributed by atoms with Gasteiger partial charge in [-0.15, -0.1) is 24.8 Å². The van der Waals surface area contributed by atoms with Crippen LogP contribution in [0.15, 0.2) is 91.1 Å². The van der Waals surface area contributed by atoms with E-state index in [1.165, 1.54) is 12.1 Å². The second-order valence-electron chi connectivity index (χ2n) is 8.94. The van der Waals surface area contributed by atoms with E-state index in [1.807, 2.05) is 54.7 Å². The van der Waals surface area contributed by atoms with Crippen LogP contribution in [0.2, 0.25) is 0 Å². The Kier molecular flexibility index (Phi) is 12.7. The molecule has 0 aliphatic rings. The third-order valence-electron chi connectivity index (χ3n) is 6.00. The lowest BCUT2D eigenvalue weighted by molar-refractivity contribution is -0.137. The molecule has 1 atom stereocenters. The van der Waals surface area contributed by atoms with Gasteiger partial charge in [0.05, 0.1) is 23.8 Å². The topological polar surface area (TPSA) is 79.2 Å². The van der Waals surface area contributed by atoms with E-state index in [-0.39, 0.29) is 43.7 Å². The van der Waals surface area contributed by atoms with E-state index >= 15 is 0 Å². The molecule has 0 bridgehead atoms. The number of rotatable bonds is 11. The van der Waals surface area contributed by atoms with E-state index < -0.39 is 17.8 Å². The van der Waals surface area contributed by atoms with E-state index in [2.05, 4.69) is 15.6 Å². The average Bonchev–Trinajstić information content (AvgIpc) is 3.27. The molecule has 1 heterocycles. The van der Waals surface area contributed by atoms with Crippen LogP contribution in [-0.4, -0.2) is 33.7 Å². The highest BCUT2D eigenvalue weighted by Gasteiger charge is 2.30. The Hall–Kier alpha value is -3.37. The number of alkyl halides is 3. The molecule has 0 fully saturated rings. The second-order valence-corrected chi connectivity index (χ2v) is 8.94. The number of anilines is 1. The summed E-state index contributed by atoms with van der Waals surface area (Å²) in [4.78, 5) is 17.3. The van der Waals surface area contributed by atoms with E-state index in [4.69, 9.17) is 0 Å². The van der Waals surface area contributed by atoms with Gasteiger partial charge < -0.3 is 20.3 Å². The number of hydrogen-bond acceptors (Lipinski definition) is 4. The summed E-state index contributed by atoms with van der Waals surface area (Å²) in [6.07, 6.45) is -2.66. The van der Waals surface area contributed by atoms with E-state index in [9.17, 15) is 23.1 Å². The fraction of sp³-hybridized carbons (Fsp3) is 0.241. The molecular weight excluding hydrogens is 564 g/mol. The van der Waals surface area contributed by atoms with Crippen LogP contribution in [0.25, 0.3) is 0 Å². The van der Waals surface area contributed by atoms with Crippen molar-refractivity contribution >= 4 is 36.4 Å². The van der Waals surface area contributed by atoms with Crippen LogP contribution in [0.5, 0.6) is 0 Å². The molecule has 4 aromatic rings. The van der Waals surface area contributed by atoms with Gasteiger partial charge in [0.25, 0.3) is 0 Å². The summed E-state index contributed by atoms with van der Waals surface area (Å²) >= 11 is 0. The van der Waals surface area contributed by atoms with Crippen molar-refractivity contribution in [1.82, 2.24) is 14.9 Å². The fourth-order valence-electron chi connectivity index (χ4n) is 4.03. The molecule has 4 rings (SSSR count). The van der Waals surface area contributed by atoms with E-state index in [0.29, 0.717) is 36.6 Å². The molecule has 0 saturated carbocycles. The maximum atomic E-state index is 12.9. The number of para-hydroxylation sites is 1. The molecule has 1 amide bonds. The third-order valence-corrected chi connectivity index (χ3v) is 6.00. The second kappa shape index (κ2) is 15.4. The number of aliphatic hydroxyl groups excluding tert-OH is 1. The minimum absolute atomic E-state index is 0. The molecule has 0 radical (unpaired) electrons. The van der Waals surface area contributed by atoms with Gasteiger partial charge in [-0.2, -0.15) is 13.2 Å². The number of nitrogens with one attached hydrogen (secondary N) is 2. The Balaban J connectivity index is 0.00000280. The highest BCUT2D eigenvalue weighted by Crippen LogP contribution is 2.29. The van der Waals surface area contributed by atoms with Crippen LogP contribution in [0, 0.1) is 0 Å². The zero-order chi connectivity index (χ0) is 27.0. The largest absolute Gasteiger partial charge is 0.416 e. The molecular formula is C29H31Cl2F3N4O2. The van der Waals surface area contributed by atoms with Crippen LogP contribution < -0.4 is 10.6 Å². The Morgan fingerprint density at radius 3 is 2.17 bits per heavy atom. The zero-order valence-electron chi connectivity index (χ0n) is 21.5. The van der Waals surface area contributed by atoms with E-state index in [1.54, 1.807) is 16.7 Å². The summed E-state index contributed by atoms with van der Waals surface area (Å²) in [5, 5.41) is 16.4. The number of hydrogen-bond donors (Lipinski definition) is 3. The van der Waals surface area contributed by atoms with Crippen molar-refractivity contribution in [1.29, 1.82) is 0 Å². The molecule has 0 spiro atoms. The van der Waals surface area contributed by atoms with Gasteiger partial charge in [0, 0.05) is 37.9 Å². The molecule has 3 N–H and O–H groups in total. The van der Waals surface area contributed by atoms with Crippen molar-refractivity contribution in [3.8, 4) is 0 Å². The number of carbonyl (C=O) groups is 1. The summed E-state index contributed by atoms with van der Waals surface area (Å²) in [7, 11) is 0. The number of halogens is 5. The Labute approximate surface area is 243 Å². The van der Waals surface area contributed by atoms with Crippen LogP contribution in [-0.2, 0) is 30.4 Å². The van der Waals surface area contributed by atoms with Gasteiger partial charge in [0.15, 0.2) is 0 Å². The van der Waals surface area contributed by atoms with Gasteiger partial charge >= 0.3 is 6.18 Å². The summed E-state index contributed by atoms with van der Waals surface area (Å²) in [6, 6.07) is 23.4. The lowest BCUT2D eigenvalue weighted by Crippen LogP contribution is -2.23. The predicted octanol–water partition coefficient (Wildman–Crippen LogP) is 5.84. The molecule has 0 aliphatic heterocycles. The van der Waals surface area contributed by atoms with Gasteiger partial charge in [-0.3, -0.25) is 4.79 Å². The number of amides is 1. The first kappa shape index (κ1) is 32.8. The van der Waals surface area contributed by atoms with Crippen molar-refractivity contribution in [3.63, 3.8) is 0 Å². The third kappa shape index (κ3) is 9.67. The number of carbonyl (C=O) groups excluding carboxylic acids is 1. The van der Waals surface area contributed by atoms with Gasteiger partial charge in [0.1, 0.15) is 5.82 Å². The molecule has 1 aromatic heterocycles. The van der Waals surface area contributed by atoms with Crippen molar-refractivity contribution in [2.24, 2.45) is 0 Å². The standard InChI is InChI=1S/C29H29F3N4O2.2ClH/c30-29(31,32)23-13-11-21(12-14-23)19-36-20-25(15-16-33-18-26(37)22-7-3-1-4-8-22)34-27(36)17-28(38)35-24-9-5-2-6-10-24;;/h1-14,20,26,33,37H,15-19H2,(H,35,38);2*1H/t26-;;/m0../s1. The molecule has 6 nitrogen and oxygen atoms in total. The van der Waals surface area contributed by atoms with Crippen LogP contribution >= 0.6 is 24.8 Å². The minimum atomic E-state index is -4.40. The SMILES string of the molecule is Cl.Cl.O=C(Cc1nc(CCNC[C@H](O)c2ccccc2)cn1Cc1ccc(C(F)(F)F)cc1)Nc1ccccc1. The van der Waals surface area contributed by atoms with Gasteiger partial charge in [-0.1, -0.05) is 60.7 Å². The fourth-order valence-corrected chi connectivity index (χ4v) is 4.03. The molecule has 0 aliphatic carbocycles. The van der Waals surface area contributed by atoms with Crippen molar-refractivity contribution < 1.29 is 23.1 Å². The number of nitrogens with zero attached hydrogens (tertiary/aromatic N) is 2. The van der Waals surface area contributed by atoms with Crippen molar-refractivity contribution in [3.05, 3.63) is 119 Å². The average molecular weight is 595 g/mol. The van der Waals surface area contributed by atoms with Crippen LogP contribution in [0.1, 0.15) is 34.3 Å². The summed E-state index contributed by atoms with van der Waals surface area (Å²) in [5.74, 6) is 0.267. The molecule has 0 unspecified atom stereocenters. The number of benzene rings is 3. The number of imidazole rings is 1. The summed E-state index contributed by atoms with van der Waals surface area (Å²) in [6.45, 7) is 1.21. The maximum absolute atomic E-state index is 12.9. The monoisotopic (exact) mass is 594 g/mol.